The molecule has 1 amide bonds. The van der Waals surface area contributed by atoms with Gasteiger partial charge in [-0.3, -0.25) is 4.79 Å². The summed E-state index contributed by atoms with van der Waals surface area (Å²) in [6.07, 6.45) is 6.60. The molecule has 2 rings (SSSR count). The zero-order valence-corrected chi connectivity index (χ0v) is 9.76. The highest BCUT2D eigenvalue weighted by Gasteiger charge is 2.34. The molecule has 2 atom stereocenters. The Morgan fingerprint density at radius 3 is 2.82 bits per heavy atom. The minimum atomic E-state index is -0.920. The molecule has 2 aliphatic rings. The maximum absolute atomic E-state index is 12.3. The van der Waals surface area contributed by atoms with Gasteiger partial charge in [0.05, 0.1) is 0 Å². The summed E-state index contributed by atoms with van der Waals surface area (Å²) >= 11 is 0. The summed E-state index contributed by atoms with van der Waals surface area (Å²) in [5.74, 6) is -0.944. The summed E-state index contributed by atoms with van der Waals surface area (Å²) in [7, 11) is 0. The van der Waals surface area contributed by atoms with Crippen LogP contribution in [-0.2, 0) is 9.59 Å². The lowest BCUT2D eigenvalue weighted by Crippen LogP contribution is -2.58. The van der Waals surface area contributed by atoms with Crippen molar-refractivity contribution in [2.45, 2.75) is 25.3 Å². The van der Waals surface area contributed by atoms with Crippen molar-refractivity contribution in [1.82, 2.24) is 10.2 Å². The third-order valence-corrected chi connectivity index (χ3v) is 3.43. The van der Waals surface area contributed by atoms with E-state index in [2.05, 4.69) is 11.4 Å². The molecule has 2 unspecified atom stereocenters. The summed E-state index contributed by atoms with van der Waals surface area (Å²) < 4.78 is 0. The van der Waals surface area contributed by atoms with E-state index in [1.54, 1.807) is 0 Å². The highest BCUT2D eigenvalue weighted by atomic mass is 16.4. The van der Waals surface area contributed by atoms with Gasteiger partial charge in [0.1, 0.15) is 6.04 Å². The van der Waals surface area contributed by atoms with Crippen LogP contribution in [0.5, 0.6) is 0 Å². The number of nitrogens with zero attached hydrogens (tertiary/aromatic N) is 1. The number of allylic oxidation sites excluding steroid dienone is 2. The van der Waals surface area contributed by atoms with Gasteiger partial charge < -0.3 is 15.3 Å². The fourth-order valence-corrected chi connectivity index (χ4v) is 2.44. The molecule has 0 aromatic carbocycles. The van der Waals surface area contributed by atoms with Gasteiger partial charge in [-0.15, -0.1) is 0 Å². The minimum absolute atomic E-state index is 0.00301. The third-order valence-electron chi connectivity index (χ3n) is 3.43. The number of amides is 1. The van der Waals surface area contributed by atoms with Gasteiger partial charge in [0, 0.05) is 25.6 Å². The van der Waals surface area contributed by atoms with Crippen LogP contribution >= 0.6 is 0 Å². The molecule has 2 N–H and O–H groups in total. The molecule has 1 aliphatic carbocycles. The van der Waals surface area contributed by atoms with E-state index in [1.165, 1.54) is 4.90 Å². The van der Waals surface area contributed by atoms with Gasteiger partial charge in [-0.1, -0.05) is 12.2 Å². The normalized spacial score (nSPS) is 29.1. The molecular weight excluding hydrogens is 220 g/mol. The zero-order valence-electron chi connectivity index (χ0n) is 9.76. The molecule has 0 spiro atoms. The van der Waals surface area contributed by atoms with Crippen molar-refractivity contribution < 1.29 is 14.7 Å². The van der Waals surface area contributed by atoms with Crippen molar-refractivity contribution in [2.24, 2.45) is 5.92 Å². The summed E-state index contributed by atoms with van der Waals surface area (Å²) in [4.78, 5) is 24.9. The van der Waals surface area contributed by atoms with E-state index >= 15 is 0 Å². The molecule has 17 heavy (non-hydrogen) atoms. The Morgan fingerprint density at radius 1 is 1.35 bits per heavy atom. The van der Waals surface area contributed by atoms with Crippen molar-refractivity contribution in [3.05, 3.63) is 12.2 Å². The number of piperazine rings is 1. The summed E-state index contributed by atoms with van der Waals surface area (Å²) in [6.45, 7) is 1.53. The van der Waals surface area contributed by atoms with Crippen molar-refractivity contribution >= 4 is 11.9 Å². The van der Waals surface area contributed by atoms with Crippen LogP contribution in [0.1, 0.15) is 19.3 Å². The molecule has 0 radical (unpaired) electrons. The Labute approximate surface area is 100 Å². The number of aliphatic carboxylic acids is 1. The summed E-state index contributed by atoms with van der Waals surface area (Å²) in [6, 6.07) is -0.706. The molecule has 1 saturated heterocycles. The van der Waals surface area contributed by atoms with Crippen LogP contribution in [0.4, 0.5) is 0 Å². The van der Waals surface area contributed by atoms with Crippen LogP contribution in [0, 0.1) is 5.92 Å². The molecule has 0 bridgehead atoms. The van der Waals surface area contributed by atoms with Gasteiger partial charge in [-0.25, -0.2) is 4.79 Å². The van der Waals surface area contributed by atoms with E-state index in [0.29, 0.717) is 19.6 Å². The Kier molecular flexibility index (Phi) is 3.78. The van der Waals surface area contributed by atoms with Crippen LogP contribution in [-0.4, -0.2) is 47.6 Å². The SMILES string of the molecule is O=C(O)C1CNCCN1C(=O)C1CC=CCC1. The van der Waals surface area contributed by atoms with Crippen molar-refractivity contribution in [3.63, 3.8) is 0 Å². The summed E-state index contributed by atoms with van der Waals surface area (Å²) in [5.41, 5.74) is 0. The zero-order chi connectivity index (χ0) is 12.3. The van der Waals surface area contributed by atoms with Crippen molar-refractivity contribution in [2.75, 3.05) is 19.6 Å². The molecule has 5 nitrogen and oxygen atoms in total. The molecule has 1 fully saturated rings. The van der Waals surface area contributed by atoms with Crippen LogP contribution in [0.2, 0.25) is 0 Å². The predicted molar refractivity (Wildman–Crippen MR) is 62.5 cm³/mol. The van der Waals surface area contributed by atoms with Crippen LogP contribution in [0.15, 0.2) is 12.2 Å². The number of nitrogens with one attached hydrogen (secondary N) is 1. The minimum Gasteiger partial charge on any atom is -0.480 e. The first-order chi connectivity index (χ1) is 8.20. The first-order valence-corrected chi connectivity index (χ1v) is 6.09. The van der Waals surface area contributed by atoms with E-state index in [9.17, 15) is 9.59 Å². The van der Waals surface area contributed by atoms with E-state index in [1.807, 2.05) is 6.08 Å². The predicted octanol–water partition coefficient (Wildman–Crippen LogP) is 0.228. The molecule has 5 heteroatoms. The largest absolute Gasteiger partial charge is 0.480 e. The quantitative estimate of drug-likeness (QED) is 0.676. The molecule has 1 heterocycles. The van der Waals surface area contributed by atoms with E-state index in [0.717, 1.165) is 19.3 Å². The highest BCUT2D eigenvalue weighted by Crippen LogP contribution is 2.22. The van der Waals surface area contributed by atoms with Gasteiger partial charge >= 0.3 is 5.97 Å². The van der Waals surface area contributed by atoms with Crippen molar-refractivity contribution in [3.8, 4) is 0 Å². The average Bonchev–Trinajstić information content (AvgIpc) is 2.39. The average molecular weight is 238 g/mol. The molecule has 0 saturated carbocycles. The van der Waals surface area contributed by atoms with E-state index in [4.69, 9.17) is 5.11 Å². The number of carbonyl (C=O) groups excluding carboxylic acids is 1. The number of hydrogen-bond acceptors (Lipinski definition) is 3. The number of carboxylic acid groups (broad SMARTS) is 1. The highest BCUT2D eigenvalue weighted by molar-refractivity contribution is 5.85. The van der Waals surface area contributed by atoms with Gasteiger partial charge in [0.2, 0.25) is 5.91 Å². The number of rotatable bonds is 2. The van der Waals surface area contributed by atoms with Gasteiger partial charge in [-0.2, -0.15) is 0 Å². The lowest BCUT2D eigenvalue weighted by Gasteiger charge is -2.36. The smallest absolute Gasteiger partial charge is 0.327 e. The fraction of sp³-hybridized carbons (Fsp3) is 0.667. The number of carboxylic acids is 1. The standard InChI is InChI=1S/C12H18N2O3/c15-11(9-4-2-1-3-5-9)14-7-6-13-8-10(14)12(16)17/h1-2,9-10,13H,3-8H2,(H,16,17). The van der Waals surface area contributed by atoms with Gasteiger partial charge in [-0.05, 0) is 19.3 Å². The van der Waals surface area contributed by atoms with Crippen LogP contribution in [0.25, 0.3) is 0 Å². The van der Waals surface area contributed by atoms with E-state index in [-0.39, 0.29) is 11.8 Å². The van der Waals surface area contributed by atoms with Crippen molar-refractivity contribution in [1.29, 1.82) is 0 Å². The number of hydrogen-bond donors (Lipinski definition) is 2. The Bertz CT molecular complexity index is 341. The monoisotopic (exact) mass is 238 g/mol. The molecular formula is C12H18N2O3. The maximum Gasteiger partial charge on any atom is 0.327 e. The third kappa shape index (κ3) is 2.66. The maximum atomic E-state index is 12.3. The topological polar surface area (TPSA) is 69.6 Å². The van der Waals surface area contributed by atoms with Crippen LogP contribution < -0.4 is 5.32 Å². The Balaban J connectivity index is 2.05. The Morgan fingerprint density at radius 2 is 2.18 bits per heavy atom. The second kappa shape index (κ2) is 5.31. The lowest BCUT2D eigenvalue weighted by molar-refractivity contribution is -0.153. The molecule has 1 aliphatic heterocycles. The molecule has 0 aromatic rings. The Hall–Kier alpha value is -1.36. The first kappa shape index (κ1) is 12.1. The first-order valence-electron chi connectivity index (χ1n) is 6.09. The lowest BCUT2D eigenvalue weighted by atomic mass is 9.92. The van der Waals surface area contributed by atoms with E-state index < -0.39 is 12.0 Å². The molecule has 0 aromatic heterocycles. The van der Waals surface area contributed by atoms with Gasteiger partial charge in [0.25, 0.3) is 0 Å². The number of carbonyl (C=O) groups is 2. The van der Waals surface area contributed by atoms with Gasteiger partial charge in [0.15, 0.2) is 0 Å². The molecule has 94 valence electrons. The van der Waals surface area contributed by atoms with Crippen LogP contribution in [0.3, 0.4) is 0 Å². The fourth-order valence-electron chi connectivity index (χ4n) is 2.44. The second-order valence-corrected chi connectivity index (χ2v) is 4.57. The summed E-state index contributed by atoms with van der Waals surface area (Å²) in [5, 5.41) is 12.1. The second-order valence-electron chi connectivity index (χ2n) is 4.57.